The molecule has 2 nitrogen and oxygen atoms in total. The highest BCUT2D eigenvalue weighted by Crippen LogP contribution is 1.94. The molecule has 0 aliphatic rings. The Morgan fingerprint density at radius 2 is 2.00 bits per heavy atom. The Morgan fingerprint density at radius 3 is 2.62 bits per heavy atom. The number of carbonyl (C=O) groups excluding carboxylic acids is 1. The molecule has 1 rings (SSSR count). The van der Waals surface area contributed by atoms with Crippen LogP contribution in [0.3, 0.4) is 0 Å². The Morgan fingerprint density at radius 1 is 1.31 bits per heavy atom. The number of hydrogen-bond acceptors (Lipinski definition) is 1. The van der Waals surface area contributed by atoms with Gasteiger partial charge in [0, 0.05) is 12.0 Å². The monoisotopic (exact) mass is 178 g/mol. The third-order valence-electron chi connectivity index (χ3n) is 1.99. The maximum absolute atomic E-state index is 11.0. The molecule has 2 heteroatoms. The van der Waals surface area contributed by atoms with E-state index in [1.165, 1.54) is 5.56 Å². The Hall–Kier alpha value is -1.15. The van der Waals surface area contributed by atoms with Gasteiger partial charge in [0.15, 0.2) is 5.78 Å². The second kappa shape index (κ2) is 5.49. The molecule has 0 bridgehead atoms. The molecule has 2 N–H and O–H groups in total. The lowest BCUT2D eigenvalue weighted by molar-refractivity contribution is -0.659. The molecule has 0 amide bonds. The van der Waals surface area contributed by atoms with Crippen LogP contribution in [0.4, 0.5) is 0 Å². The topological polar surface area (TPSA) is 33.7 Å². The van der Waals surface area contributed by atoms with Gasteiger partial charge in [0.2, 0.25) is 0 Å². The van der Waals surface area contributed by atoms with Crippen molar-refractivity contribution in [2.24, 2.45) is 0 Å². The summed E-state index contributed by atoms with van der Waals surface area (Å²) in [6.45, 7) is 3.40. The van der Waals surface area contributed by atoms with Crippen molar-refractivity contribution in [3.63, 3.8) is 0 Å². The van der Waals surface area contributed by atoms with E-state index in [4.69, 9.17) is 0 Å². The van der Waals surface area contributed by atoms with Gasteiger partial charge < -0.3 is 5.32 Å². The number of quaternary nitrogens is 1. The molecule has 13 heavy (non-hydrogen) atoms. The molecule has 1 aromatic carbocycles. The minimum atomic E-state index is 0.316. The van der Waals surface area contributed by atoms with E-state index in [0.29, 0.717) is 18.7 Å². The van der Waals surface area contributed by atoms with Crippen molar-refractivity contribution < 1.29 is 10.1 Å². The van der Waals surface area contributed by atoms with Gasteiger partial charge >= 0.3 is 0 Å². The maximum Gasteiger partial charge on any atom is 0.186 e. The average Bonchev–Trinajstić information content (AvgIpc) is 2.19. The van der Waals surface area contributed by atoms with Gasteiger partial charge in [0.1, 0.15) is 13.1 Å². The number of rotatable bonds is 5. The molecule has 0 saturated heterocycles. The molecule has 0 fully saturated rings. The minimum absolute atomic E-state index is 0.316. The van der Waals surface area contributed by atoms with Gasteiger partial charge in [-0.2, -0.15) is 0 Å². The van der Waals surface area contributed by atoms with Crippen LogP contribution in [0.1, 0.15) is 18.9 Å². The summed E-state index contributed by atoms with van der Waals surface area (Å²) in [6.07, 6.45) is 0.644. The average molecular weight is 178 g/mol. The van der Waals surface area contributed by atoms with Crippen LogP contribution < -0.4 is 5.32 Å². The molecule has 70 valence electrons. The zero-order valence-electron chi connectivity index (χ0n) is 7.99. The van der Waals surface area contributed by atoms with Crippen LogP contribution >= 0.6 is 0 Å². The lowest BCUT2D eigenvalue weighted by Gasteiger charge is -1.99. The summed E-state index contributed by atoms with van der Waals surface area (Å²) in [5.41, 5.74) is 1.27. The highest BCUT2D eigenvalue weighted by atomic mass is 16.1. The van der Waals surface area contributed by atoms with Crippen LogP contribution in [-0.2, 0) is 11.3 Å². The molecular weight excluding hydrogens is 162 g/mol. The maximum atomic E-state index is 11.0. The second-order valence-corrected chi connectivity index (χ2v) is 3.07. The highest BCUT2D eigenvalue weighted by Gasteiger charge is 1.99. The Balaban J connectivity index is 2.24. The van der Waals surface area contributed by atoms with Gasteiger partial charge in [-0.15, -0.1) is 0 Å². The van der Waals surface area contributed by atoms with Crippen LogP contribution in [-0.4, -0.2) is 12.3 Å². The van der Waals surface area contributed by atoms with Crippen molar-refractivity contribution in [2.75, 3.05) is 6.54 Å². The van der Waals surface area contributed by atoms with Gasteiger partial charge in [-0.3, -0.25) is 4.79 Å². The van der Waals surface area contributed by atoms with Crippen molar-refractivity contribution in [1.82, 2.24) is 0 Å². The molecule has 0 unspecified atom stereocenters. The van der Waals surface area contributed by atoms with E-state index < -0.39 is 0 Å². The molecule has 0 heterocycles. The zero-order valence-corrected chi connectivity index (χ0v) is 7.99. The van der Waals surface area contributed by atoms with Crippen molar-refractivity contribution >= 4 is 5.78 Å². The fourth-order valence-electron chi connectivity index (χ4n) is 1.16. The summed E-state index contributed by atoms with van der Waals surface area (Å²) < 4.78 is 0. The largest absolute Gasteiger partial charge is 0.336 e. The predicted molar refractivity (Wildman–Crippen MR) is 52.2 cm³/mol. The van der Waals surface area contributed by atoms with Crippen molar-refractivity contribution in [3.05, 3.63) is 35.9 Å². The van der Waals surface area contributed by atoms with E-state index in [1.807, 2.05) is 30.4 Å². The van der Waals surface area contributed by atoms with Crippen LogP contribution in [0.5, 0.6) is 0 Å². The summed E-state index contributed by atoms with van der Waals surface area (Å²) in [5.74, 6) is 0.316. The number of nitrogens with two attached hydrogens (primary N) is 1. The van der Waals surface area contributed by atoms with Crippen LogP contribution in [0.15, 0.2) is 30.3 Å². The van der Waals surface area contributed by atoms with Crippen LogP contribution in [0.2, 0.25) is 0 Å². The predicted octanol–water partition coefficient (Wildman–Crippen LogP) is 0.729. The van der Waals surface area contributed by atoms with Gasteiger partial charge in [-0.1, -0.05) is 37.3 Å². The summed E-state index contributed by atoms with van der Waals surface area (Å²) in [7, 11) is 0. The van der Waals surface area contributed by atoms with E-state index >= 15 is 0 Å². The first kappa shape index (κ1) is 9.93. The minimum Gasteiger partial charge on any atom is -0.336 e. The summed E-state index contributed by atoms with van der Waals surface area (Å²) in [6, 6.07) is 10.2. The number of benzene rings is 1. The SMILES string of the molecule is CCC(=O)C[NH2+]Cc1ccccc1. The Kier molecular flexibility index (Phi) is 4.19. The summed E-state index contributed by atoms with van der Waals surface area (Å²) >= 11 is 0. The first-order chi connectivity index (χ1) is 6.33. The smallest absolute Gasteiger partial charge is 0.186 e. The molecular formula is C11H16NO+. The van der Waals surface area contributed by atoms with Gasteiger partial charge in [0.25, 0.3) is 0 Å². The van der Waals surface area contributed by atoms with E-state index in [9.17, 15) is 4.79 Å². The van der Waals surface area contributed by atoms with Crippen molar-refractivity contribution in [3.8, 4) is 0 Å². The zero-order chi connectivity index (χ0) is 9.52. The van der Waals surface area contributed by atoms with Gasteiger partial charge in [-0.05, 0) is 0 Å². The first-order valence-electron chi connectivity index (χ1n) is 4.70. The lowest BCUT2D eigenvalue weighted by atomic mass is 10.2. The Labute approximate surface area is 79.0 Å². The summed E-state index contributed by atoms with van der Waals surface area (Å²) in [5, 5.41) is 2.04. The number of carbonyl (C=O) groups is 1. The standard InChI is InChI=1S/C11H15NO/c1-2-11(13)9-12-8-10-6-4-3-5-7-10/h3-7,12H,2,8-9H2,1H3/p+1. The quantitative estimate of drug-likeness (QED) is 0.708. The first-order valence-corrected chi connectivity index (χ1v) is 4.70. The third kappa shape index (κ3) is 3.85. The van der Waals surface area contributed by atoms with E-state index in [2.05, 4.69) is 12.1 Å². The van der Waals surface area contributed by atoms with Crippen molar-refractivity contribution in [2.45, 2.75) is 19.9 Å². The normalized spacial score (nSPS) is 9.92. The number of Topliss-reactive ketones (excluding diaryl/α,β-unsaturated/α-hetero) is 1. The van der Waals surface area contributed by atoms with Crippen molar-refractivity contribution in [1.29, 1.82) is 0 Å². The van der Waals surface area contributed by atoms with E-state index in [1.54, 1.807) is 0 Å². The summed E-state index contributed by atoms with van der Waals surface area (Å²) in [4.78, 5) is 11.0. The molecule has 0 aromatic heterocycles. The molecule has 0 radical (unpaired) electrons. The third-order valence-corrected chi connectivity index (χ3v) is 1.99. The van der Waals surface area contributed by atoms with E-state index in [0.717, 1.165) is 6.54 Å². The highest BCUT2D eigenvalue weighted by molar-refractivity contribution is 5.78. The lowest BCUT2D eigenvalue weighted by Crippen LogP contribution is -2.84. The Bertz CT molecular complexity index is 256. The number of ketones is 1. The van der Waals surface area contributed by atoms with Crippen LogP contribution in [0, 0.1) is 0 Å². The molecule has 0 saturated carbocycles. The fraction of sp³-hybridized carbons (Fsp3) is 0.364. The van der Waals surface area contributed by atoms with E-state index in [-0.39, 0.29) is 0 Å². The number of hydrogen-bond donors (Lipinski definition) is 1. The second-order valence-electron chi connectivity index (χ2n) is 3.07. The molecule has 0 atom stereocenters. The van der Waals surface area contributed by atoms with Crippen LogP contribution in [0.25, 0.3) is 0 Å². The molecule has 0 spiro atoms. The van der Waals surface area contributed by atoms with Gasteiger partial charge in [0.05, 0.1) is 0 Å². The molecule has 1 aromatic rings. The van der Waals surface area contributed by atoms with Gasteiger partial charge in [-0.25, -0.2) is 0 Å². The molecule has 0 aliphatic carbocycles. The molecule has 0 aliphatic heterocycles. The fourth-order valence-corrected chi connectivity index (χ4v) is 1.16.